The maximum atomic E-state index is 12.8. The van der Waals surface area contributed by atoms with Crippen molar-refractivity contribution in [2.75, 3.05) is 37.7 Å². The van der Waals surface area contributed by atoms with E-state index in [9.17, 15) is 14.7 Å². The zero-order valence-corrected chi connectivity index (χ0v) is 20.2. The summed E-state index contributed by atoms with van der Waals surface area (Å²) in [7, 11) is 1.58. The van der Waals surface area contributed by atoms with E-state index in [0.29, 0.717) is 30.4 Å². The maximum Gasteiger partial charge on any atom is 0.329 e. The summed E-state index contributed by atoms with van der Waals surface area (Å²) in [4.78, 5) is 36.6. The van der Waals surface area contributed by atoms with Crippen molar-refractivity contribution in [3.05, 3.63) is 87.1 Å². The van der Waals surface area contributed by atoms with Gasteiger partial charge in [-0.05, 0) is 17.7 Å². The zero-order valence-electron chi connectivity index (χ0n) is 20.2. The lowest BCUT2D eigenvalue weighted by atomic mass is 10.2. The van der Waals surface area contributed by atoms with Crippen molar-refractivity contribution < 1.29 is 9.84 Å². The second-order valence-corrected chi connectivity index (χ2v) is 9.04. The van der Waals surface area contributed by atoms with Gasteiger partial charge in [-0.15, -0.1) is 0 Å². The summed E-state index contributed by atoms with van der Waals surface area (Å²) in [6, 6.07) is 19.6. The first-order valence-corrected chi connectivity index (χ1v) is 12.1. The topological polar surface area (TPSA) is 109 Å². The van der Waals surface area contributed by atoms with Gasteiger partial charge in [-0.2, -0.15) is 4.98 Å². The van der Waals surface area contributed by atoms with E-state index >= 15 is 0 Å². The Balaban J connectivity index is 1.38. The molecular weight excluding hydrogens is 460 g/mol. The third-order valence-corrected chi connectivity index (χ3v) is 6.47. The number of fused-ring (bicyclic) bond motifs is 1. The first-order chi connectivity index (χ1) is 17.5. The molecule has 0 saturated carbocycles. The van der Waals surface area contributed by atoms with Crippen molar-refractivity contribution in [3.8, 4) is 5.75 Å². The fourth-order valence-electron chi connectivity index (χ4n) is 4.56. The van der Waals surface area contributed by atoms with Gasteiger partial charge in [0.05, 0.1) is 6.54 Å². The first kappa shape index (κ1) is 23.8. The van der Waals surface area contributed by atoms with Crippen molar-refractivity contribution in [2.24, 2.45) is 7.05 Å². The molecule has 5 rings (SSSR count). The maximum absolute atomic E-state index is 12.8. The number of H-pyrrole nitrogens is 1. The number of nitrogens with zero attached hydrogens (tertiary/aromatic N) is 5. The number of hydrogen-bond acceptors (Lipinski definition) is 7. The molecule has 0 amide bonds. The van der Waals surface area contributed by atoms with Gasteiger partial charge < -0.3 is 19.3 Å². The highest BCUT2D eigenvalue weighted by atomic mass is 16.5. The minimum atomic E-state index is -0.891. The summed E-state index contributed by atoms with van der Waals surface area (Å²) in [6.45, 7) is 4.09. The van der Waals surface area contributed by atoms with Crippen LogP contribution in [-0.4, -0.2) is 68.0 Å². The van der Waals surface area contributed by atoms with Gasteiger partial charge in [-0.25, -0.2) is 4.79 Å². The van der Waals surface area contributed by atoms with Crippen LogP contribution in [0.25, 0.3) is 11.2 Å². The Morgan fingerprint density at radius 1 is 1.00 bits per heavy atom. The quantitative estimate of drug-likeness (QED) is 0.382. The number of aromatic nitrogens is 4. The summed E-state index contributed by atoms with van der Waals surface area (Å²) in [5, 5.41) is 10.8. The Morgan fingerprint density at radius 3 is 2.36 bits per heavy atom. The number of anilines is 1. The van der Waals surface area contributed by atoms with Gasteiger partial charge in [-0.1, -0.05) is 48.5 Å². The van der Waals surface area contributed by atoms with Crippen LogP contribution in [0.5, 0.6) is 5.75 Å². The molecule has 2 aromatic carbocycles. The summed E-state index contributed by atoms with van der Waals surface area (Å²) >= 11 is 0. The number of piperazine rings is 1. The molecule has 0 aliphatic carbocycles. The van der Waals surface area contributed by atoms with Crippen LogP contribution in [0.2, 0.25) is 0 Å². The smallest absolute Gasteiger partial charge is 0.329 e. The van der Waals surface area contributed by atoms with Crippen LogP contribution in [0.15, 0.2) is 70.3 Å². The molecule has 0 spiro atoms. The fraction of sp³-hybridized carbons (Fsp3) is 0.346. The molecular formula is C26H30N6O4. The number of para-hydroxylation sites is 1. The second-order valence-electron chi connectivity index (χ2n) is 9.04. The van der Waals surface area contributed by atoms with E-state index < -0.39 is 17.4 Å². The molecule has 1 atom stereocenters. The van der Waals surface area contributed by atoms with Gasteiger partial charge in [0.1, 0.15) is 18.5 Å². The zero-order chi connectivity index (χ0) is 25.1. The van der Waals surface area contributed by atoms with Crippen LogP contribution in [-0.2, 0) is 20.1 Å². The summed E-state index contributed by atoms with van der Waals surface area (Å²) in [5.41, 5.74) is 0.774. The Morgan fingerprint density at radius 2 is 1.67 bits per heavy atom. The number of aliphatic hydroxyl groups is 1. The number of aliphatic hydroxyl groups excluding tert-OH is 1. The van der Waals surface area contributed by atoms with Crippen molar-refractivity contribution in [2.45, 2.75) is 19.2 Å². The number of nitrogens with one attached hydrogen (secondary N) is 1. The molecule has 10 heteroatoms. The van der Waals surface area contributed by atoms with Gasteiger partial charge in [0.15, 0.2) is 11.2 Å². The summed E-state index contributed by atoms with van der Waals surface area (Å²) in [5.74, 6) is 1.22. The second kappa shape index (κ2) is 10.4. The lowest BCUT2D eigenvalue weighted by molar-refractivity contribution is 0.0935. The number of rotatable bonds is 8. The largest absolute Gasteiger partial charge is 0.491 e. The fourth-order valence-corrected chi connectivity index (χ4v) is 4.56. The van der Waals surface area contributed by atoms with E-state index in [1.165, 1.54) is 10.1 Å². The monoisotopic (exact) mass is 490 g/mol. The van der Waals surface area contributed by atoms with Gasteiger partial charge in [0, 0.05) is 39.8 Å². The van der Waals surface area contributed by atoms with Gasteiger partial charge in [0.25, 0.3) is 5.56 Å². The molecule has 10 nitrogen and oxygen atoms in total. The Labute approximate surface area is 208 Å². The van der Waals surface area contributed by atoms with Crippen molar-refractivity contribution in [1.82, 2.24) is 24.0 Å². The van der Waals surface area contributed by atoms with Gasteiger partial charge in [-0.3, -0.25) is 19.2 Å². The molecule has 2 aromatic heterocycles. The number of hydrogen-bond donors (Lipinski definition) is 2. The molecule has 2 N–H and O–H groups in total. The van der Waals surface area contributed by atoms with Gasteiger partial charge in [0.2, 0.25) is 5.95 Å². The Kier molecular flexibility index (Phi) is 6.88. The molecule has 1 saturated heterocycles. The Bertz CT molecular complexity index is 1420. The van der Waals surface area contributed by atoms with Crippen molar-refractivity contribution in [1.29, 1.82) is 0 Å². The SMILES string of the molecule is Cn1c(=O)[nH]c(=O)c2c1nc(N1CCN(Cc3ccccc3)CC1)n2C[C@@H](O)COc1ccccc1. The van der Waals surface area contributed by atoms with E-state index in [2.05, 4.69) is 26.9 Å². The molecule has 0 bridgehead atoms. The molecule has 1 aliphatic rings. The number of ether oxygens (including phenoxy) is 1. The average molecular weight is 491 g/mol. The molecule has 188 valence electrons. The number of imidazole rings is 1. The predicted molar refractivity (Wildman–Crippen MR) is 137 cm³/mol. The van der Waals surface area contributed by atoms with E-state index in [1.807, 2.05) is 48.5 Å². The molecule has 0 unspecified atom stereocenters. The average Bonchev–Trinajstić information content (AvgIpc) is 3.27. The highest BCUT2D eigenvalue weighted by Gasteiger charge is 2.26. The van der Waals surface area contributed by atoms with Crippen LogP contribution < -0.4 is 20.9 Å². The highest BCUT2D eigenvalue weighted by molar-refractivity contribution is 5.74. The van der Waals surface area contributed by atoms with E-state index in [-0.39, 0.29) is 18.7 Å². The van der Waals surface area contributed by atoms with Gasteiger partial charge >= 0.3 is 5.69 Å². The highest BCUT2D eigenvalue weighted by Crippen LogP contribution is 2.22. The molecule has 3 heterocycles. The van der Waals surface area contributed by atoms with Crippen LogP contribution in [0.4, 0.5) is 5.95 Å². The van der Waals surface area contributed by atoms with Crippen molar-refractivity contribution in [3.63, 3.8) is 0 Å². The molecule has 1 fully saturated rings. The summed E-state index contributed by atoms with van der Waals surface area (Å²) in [6.07, 6.45) is -0.891. The van der Waals surface area contributed by atoms with Crippen LogP contribution in [0.1, 0.15) is 5.56 Å². The Hall–Kier alpha value is -3.89. The number of aromatic amines is 1. The third kappa shape index (κ3) is 5.05. The van der Waals surface area contributed by atoms with Crippen LogP contribution in [0.3, 0.4) is 0 Å². The lowest BCUT2D eigenvalue weighted by Crippen LogP contribution is -2.47. The van der Waals surface area contributed by atoms with Crippen LogP contribution in [0, 0.1) is 0 Å². The predicted octanol–water partition coefficient (Wildman–Crippen LogP) is 1.19. The summed E-state index contributed by atoms with van der Waals surface area (Å²) < 4.78 is 8.75. The minimum absolute atomic E-state index is 0.0532. The van der Waals surface area contributed by atoms with E-state index in [0.717, 1.165) is 19.6 Å². The number of benzene rings is 2. The minimum Gasteiger partial charge on any atom is -0.491 e. The standard InChI is InChI=1S/C26H30N6O4/c1-29-23-22(24(34)28-26(29)35)32(17-20(33)18-36-21-10-6-3-7-11-21)25(27-23)31-14-12-30(13-15-31)16-19-8-4-2-5-9-19/h2-11,20,33H,12-18H2,1H3,(H,28,34,35)/t20-/m1/s1. The molecule has 4 aromatic rings. The molecule has 36 heavy (non-hydrogen) atoms. The normalized spacial score (nSPS) is 15.3. The van der Waals surface area contributed by atoms with E-state index in [4.69, 9.17) is 9.72 Å². The third-order valence-electron chi connectivity index (χ3n) is 6.47. The number of aryl methyl sites for hydroxylation is 1. The van der Waals surface area contributed by atoms with Crippen LogP contribution >= 0.6 is 0 Å². The van der Waals surface area contributed by atoms with Crippen molar-refractivity contribution >= 4 is 17.1 Å². The molecule has 1 aliphatic heterocycles. The lowest BCUT2D eigenvalue weighted by Gasteiger charge is -2.35. The van der Waals surface area contributed by atoms with E-state index in [1.54, 1.807) is 11.6 Å². The molecule has 0 radical (unpaired) electrons. The first-order valence-electron chi connectivity index (χ1n) is 12.1.